The van der Waals surface area contributed by atoms with Gasteiger partial charge in [0.25, 0.3) is 5.91 Å². The Morgan fingerprint density at radius 3 is 2.53 bits per heavy atom. The maximum atomic E-state index is 13.1. The lowest BCUT2D eigenvalue weighted by atomic mass is 10.1. The predicted molar refractivity (Wildman–Crippen MR) is 140 cm³/mol. The van der Waals surface area contributed by atoms with Gasteiger partial charge in [0.05, 0.1) is 10.2 Å². The summed E-state index contributed by atoms with van der Waals surface area (Å²) in [7, 11) is 0. The van der Waals surface area contributed by atoms with Crippen molar-refractivity contribution in [2.75, 3.05) is 11.9 Å². The fourth-order valence-electron chi connectivity index (χ4n) is 2.91. The second-order valence-corrected chi connectivity index (χ2v) is 8.92. The molecule has 0 spiro atoms. The minimum atomic E-state index is -0.611. The highest BCUT2D eigenvalue weighted by Crippen LogP contribution is 2.36. The first-order chi connectivity index (χ1) is 16.3. The maximum Gasteiger partial charge on any atom is 0.266 e. The van der Waals surface area contributed by atoms with Gasteiger partial charge in [-0.05, 0) is 89.7 Å². The van der Waals surface area contributed by atoms with E-state index in [0.29, 0.717) is 39.4 Å². The largest absolute Gasteiger partial charge is 0.490 e. The van der Waals surface area contributed by atoms with Crippen LogP contribution < -0.4 is 14.8 Å². The van der Waals surface area contributed by atoms with E-state index >= 15 is 0 Å². The van der Waals surface area contributed by atoms with Gasteiger partial charge in [0, 0.05) is 21.3 Å². The van der Waals surface area contributed by atoms with Gasteiger partial charge in [0.2, 0.25) is 0 Å². The smallest absolute Gasteiger partial charge is 0.266 e. The lowest BCUT2D eigenvalue weighted by Gasteiger charge is -2.15. The summed E-state index contributed by atoms with van der Waals surface area (Å²) < 4.78 is 25.5. The quantitative estimate of drug-likeness (QED) is 0.166. The fourth-order valence-corrected chi connectivity index (χ4v) is 4.15. The number of hydrogen-bond donors (Lipinski definition) is 1. The Hall–Kier alpha value is -2.80. The molecule has 1 N–H and O–H groups in total. The molecule has 0 saturated carbocycles. The molecule has 0 heterocycles. The Balaban J connectivity index is 1.85. The average Bonchev–Trinajstić information content (AvgIpc) is 2.79. The SMILES string of the molecule is CCOc1cc(/C=C(/C#N)C(=O)Nc2ccc(F)cc2)cc(I)c1OCc1ccc(Cl)cc1Cl. The van der Waals surface area contributed by atoms with Crippen LogP contribution in [0.5, 0.6) is 11.5 Å². The Morgan fingerprint density at radius 1 is 1.15 bits per heavy atom. The third-order valence-corrected chi connectivity index (χ3v) is 5.89. The van der Waals surface area contributed by atoms with Gasteiger partial charge in [-0.15, -0.1) is 0 Å². The Morgan fingerprint density at radius 2 is 1.88 bits per heavy atom. The molecule has 1 amide bonds. The van der Waals surface area contributed by atoms with Crippen molar-refractivity contribution < 1.29 is 18.7 Å². The van der Waals surface area contributed by atoms with E-state index in [1.165, 1.54) is 30.3 Å². The van der Waals surface area contributed by atoms with Crippen LogP contribution in [0.4, 0.5) is 10.1 Å². The topological polar surface area (TPSA) is 71.3 Å². The number of anilines is 1. The fraction of sp³-hybridized carbons (Fsp3) is 0.120. The molecule has 0 atom stereocenters. The van der Waals surface area contributed by atoms with Crippen LogP contribution in [-0.4, -0.2) is 12.5 Å². The first-order valence-corrected chi connectivity index (χ1v) is 11.9. The van der Waals surface area contributed by atoms with E-state index in [2.05, 4.69) is 27.9 Å². The number of amides is 1. The van der Waals surface area contributed by atoms with Gasteiger partial charge in [-0.1, -0.05) is 29.3 Å². The number of nitriles is 1. The number of halogens is 4. The van der Waals surface area contributed by atoms with Gasteiger partial charge in [0.1, 0.15) is 24.1 Å². The van der Waals surface area contributed by atoms with Crippen LogP contribution in [-0.2, 0) is 11.4 Å². The van der Waals surface area contributed by atoms with E-state index in [1.54, 1.807) is 30.3 Å². The van der Waals surface area contributed by atoms with Crippen molar-refractivity contribution in [1.29, 1.82) is 5.26 Å². The third-order valence-electron chi connectivity index (χ3n) is 4.50. The van der Waals surface area contributed by atoms with Crippen molar-refractivity contribution in [3.05, 3.63) is 90.7 Å². The lowest BCUT2D eigenvalue weighted by Crippen LogP contribution is -2.13. The first kappa shape index (κ1) is 25.8. The highest BCUT2D eigenvalue weighted by Gasteiger charge is 2.15. The summed E-state index contributed by atoms with van der Waals surface area (Å²) >= 11 is 14.3. The molecule has 0 bridgehead atoms. The van der Waals surface area contributed by atoms with E-state index in [9.17, 15) is 14.4 Å². The molecule has 0 unspecified atom stereocenters. The van der Waals surface area contributed by atoms with Crippen molar-refractivity contribution in [3.8, 4) is 17.6 Å². The third kappa shape index (κ3) is 6.86. The monoisotopic (exact) mass is 610 g/mol. The molecule has 3 rings (SSSR count). The van der Waals surface area contributed by atoms with Gasteiger partial charge in [-0.2, -0.15) is 5.26 Å². The average molecular weight is 611 g/mol. The highest BCUT2D eigenvalue weighted by atomic mass is 127. The number of ether oxygens (including phenoxy) is 2. The molecular formula is C25H18Cl2FIN2O3. The van der Waals surface area contributed by atoms with Crippen LogP contribution in [0.2, 0.25) is 10.0 Å². The Kier molecular flexibility index (Phi) is 9.16. The van der Waals surface area contributed by atoms with Crippen LogP contribution >= 0.6 is 45.8 Å². The summed E-state index contributed by atoms with van der Waals surface area (Å²) in [6.07, 6.45) is 1.45. The zero-order valence-corrected chi connectivity index (χ0v) is 21.5. The van der Waals surface area contributed by atoms with Crippen LogP contribution in [0.3, 0.4) is 0 Å². The molecule has 0 aliphatic carbocycles. The molecule has 3 aromatic carbocycles. The van der Waals surface area contributed by atoms with Crippen LogP contribution in [0.1, 0.15) is 18.1 Å². The predicted octanol–water partition coefficient (Wildman–Crippen LogP) is 7.26. The van der Waals surface area contributed by atoms with Crippen molar-refractivity contribution in [2.24, 2.45) is 0 Å². The molecule has 0 aliphatic rings. The molecule has 174 valence electrons. The lowest BCUT2D eigenvalue weighted by molar-refractivity contribution is -0.112. The minimum absolute atomic E-state index is 0.121. The van der Waals surface area contributed by atoms with Crippen molar-refractivity contribution in [2.45, 2.75) is 13.5 Å². The number of carbonyl (C=O) groups excluding carboxylic acids is 1. The zero-order valence-electron chi connectivity index (χ0n) is 17.9. The Labute approximate surface area is 220 Å². The molecule has 3 aromatic rings. The molecule has 5 nitrogen and oxygen atoms in total. The van der Waals surface area contributed by atoms with E-state index in [-0.39, 0.29) is 12.2 Å². The van der Waals surface area contributed by atoms with Crippen molar-refractivity contribution in [3.63, 3.8) is 0 Å². The van der Waals surface area contributed by atoms with Gasteiger partial charge < -0.3 is 14.8 Å². The van der Waals surface area contributed by atoms with Gasteiger partial charge in [-0.3, -0.25) is 4.79 Å². The van der Waals surface area contributed by atoms with Crippen molar-refractivity contribution in [1.82, 2.24) is 0 Å². The molecule has 0 fully saturated rings. The van der Waals surface area contributed by atoms with E-state index in [1.807, 2.05) is 13.0 Å². The number of rotatable bonds is 8. The maximum absolute atomic E-state index is 13.1. The standard InChI is InChI=1S/C25H18Cl2FIN2O3/c1-2-33-23-11-15(9-17(13-30)25(32)31-20-7-5-19(28)6-8-20)10-22(29)24(23)34-14-16-3-4-18(26)12-21(16)27/h3-12H,2,14H2,1H3,(H,31,32)/b17-9-. The van der Waals surface area contributed by atoms with Crippen LogP contribution in [0.25, 0.3) is 6.08 Å². The number of benzene rings is 3. The van der Waals surface area contributed by atoms with E-state index in [4.69, 9.17) is 32.7 Å². The van der Waals surface area contributed by atoms with Crippen LogP contribution in [0.15, 0.2) is 60.2 Å². The molecule has 0 radical (unpaired) electrons. The Bertz CT molecular complexity index is 1270. The molecule has 9 heteroatoms. The summed E-state index contributed by atoms with van der Waals surface area (Å²) in [6, 6.07) is 15.8. The zero-order chi connectivity index (χ0) is 24.7. The first-order valence-electron chi connectivity index (χ1n) is 10.0. The molecule has 0 saturated heterocycles. The molecule has 0 aliphatic heterocycles. The minimum Gasteiger partial charge on any atom is -0.490 e. The number of carbonyl (C=O) groups is 1. The summed E-state index contributed by atoms with van der Waals surface area (Å²) in [4.78, 5) is 12.5. The highest BCUT2D eigenvalue weighted by molar-refractivity contribution is 14.1. The second kappa shape index (κ2) is 12.1. The summed E-state index contributed by atoms with van der Waals surface area (Å²) in [5.74, 6) is -0.0608. The number of nitrogens with zero attached hydrogens (tertiary/aromatic N) is 1. The summed E-state index contributed by atoms with van der Waals surface area (Å²) in [5.41, 5.74) is 1.60. The molecule has 34 heavy (non-hydrogen) atoms. The summed E-state index contributed by atoms with van der Waals surface area (Å²) in [6.45, 7) is 2.42. The summed E-state index contributed by atoms with van der Waals surface area (Å²) in [5, 5.41) is 13.1. The second-order valence-electron chi connectivity index (χ2n) is 6.92. The molecule has 0 aromatic heterocycles. The number of hydrogen-bond acceptors (Lipinski definition) is 4. The normalized spacial score (nSPS) is 11.0. The van der Waals surface area contributed by atoms with Crippen LogP contribution in [0, 0.1) is 20.7 Å². The number of nitrogens with one attached hydrogen (secondary N) is 1. The van der Waals surface area contributed by atoms with Crippen molar-refractivity contribution >= 4 is 63.5 Å². The van der Waals surface area contributed by atoms with E-state index < -0.39 is 11.7 Å². The van der Waals surface area contributed by atoms with E-state index in [0.717, 1.165) is 9.13 Å². The van der Waals surface area contributed by atoms with Gasteiger partial charge >= 0.3 is 0 Å². The molecular weight excluding hydrogens is 593 g/mol. The van der Waals surface area contributed by atoms with Gasteiger partial charge in [0.15, 0.2) is 11.5 Å². The van der Waals surface area contributed by atoms with Gasteiger partial charge in [-0.25, -0.2) is 4.39 Å².